The molecule has 5 nitrogen and oxygen atoms in total. The Bertz CT molecular complexity index is 1030. The Balaban J connectivity index is 1.53. The van der Waals surface area contributed by atoms with Crippen molar-refractivity contribution in [3.63, 3.8) is 0 Å². The summed E-state index contributed by atoms with van der Waals surface area (Å²) in [5, 5.41) is 12.7. The average molecular weight is 417 g/mol. The van der Waals surface area contributed by atoms with Gasteiger partial charge in [-0.1, -0.05) is 30.3 Å². The normalized spacial score (nSPS) is 13.0. The van der Waals surface area contributed by atoms with Crippen LogP contribution in [0.25, 0.3) is 5.57 Å². The van der Waals surface area contributed by atoms with Crippen LogP contribution in [0.15, 0.2) is 66.9 Å². The molecule has 2 N–H and O–H groups in total. The fraction of sp³-hybridized carbons (Fsp3) is 0.269. The Labute approximate surface area is 183 Å². The smallest absolute Gasteiger partial charge is 0.213 e. The van der Waals surface area contributed by atoms with Crippen molar-refractivity contribution in [1.29, 1.82) is 0 Å². The Hall–Kier alpha value is -3.31. The first-order valence-corrected chi connectivity index (χ1v) is 10.7. The molecule has 0 fully saturated rings. The standard InChI is InChI=1S/C26H28N2O3/c1-27-13-15-31-26-11-5-20(18-28-26)2-6-21(16-19-3-8-24(29)9-4-19)22-7-10-25-23(17-22)12-14-30-25/h3-11,17-18,27,29H,2,12-16H2,1H3. The van der Waals surface area contributed by atoms with Gasteiger partial charge in [-0.15, -0.1) is 0 Å². The minimum absolute atomic E-state index is 0.284. The summed E-state index contributed by atoms with van der Waals surface area (Å²) in [7, 11) is 1.90. The van der Waals surface area contributed by atoms with Gasteiger partial charge in [0.1, 0.15) is 18.1 Å². The summed E-state index contributed by atoms with van der Waals surface area (Å²) in [6.45, 7) is 2.14. The Morgan fingerprint density at radius 3 is 2.74 bits per heavy atom. The minimum atomic E-state index is 0.284. The summed E-state index contributed by atoms with van der Waals surface area (Å²) in [5.41, 5.74) is 6.01. The van der Waals surface area contributed by atoms with Crippen molar-refractivity contribution in [2.75, 3.05) is 26.8 Å². The van der Waals surface area contributed by atoms with Crippen molar-refractivity contribution < 1.29 is 14.6 Å². The highest BCUT2D eigenvalue weighted by Crippen LogP contribution is 2.30. The molecule has 1 aromatic heterocycles. The Kier molecular flexibility index (Phi) is 6.85. The molecule has 0 amide bonds. The minimum Gasteiger partial charge on any atom is -0.508 e. The summed E-state index contributed by atoms with van der Waals surface area (Å²) < 4.78 is 11.3. The third-order valence-electron chi connectivity index (χ3n) is 5.37. The van der Waals surface area contributed by atoms with E-state index in [2.05, 4.69) is 40.6 Å². The van der Waals surface area contributed by atoms with Crippen molar-refractivity contribution in [3.8, 4) is 17.4 Å². The lowest BCUT2D eigenvalue weighted by molar-refractivity contribution is 0.306. The van der Waals surface area contributed by atoms with Crippen molar-refractivity contribution in [2.45, 2.75) is 19.3 Å². The number of phenolic OH excluding ortho intramolecular Hbond substituents is 1. The maximum Gasteiger partial charge on any atom is 0.213 e. The molecule has 1 aliphatic rings. The Morgan fingerprint density at radius 2 is 1.97 bits per heavy atom. The molecular weight excluding hydrogens is 388 g/mol. The number of aromatic nitrogens is 1. The number of fused-ring (bicyclic) bond motifs is 1. The third-order valence-corrected chi connectivity index (χ3v) is 5.37. The lowest BCUT2D eigenvalue weighted by Gasteiger charge is -2.11. The van der Waals surface area contributed by atoms with E-state index in [1.54, 1.807) is 12.1 Å². The van der Waals surface area contributed by atoms with Crippen LogP contribution in [0.5, 0.6) is 17.4 Å². The van der Waals surface area contributed by atoms with E-state index in [1.165, 1.54) is 16.7 Å². The third kappa shape index (κ3) is 5.64. The zero-order chi connectivity index (χ0) is 21.5. The molecule has 0 saturated heterocycles. The number of benzene rings is 2. The fourth-order valence-corrected chi connectivity index (χ4v) is 3.63. The van der Waals surface area contributed by atoms with E-state index in [9.17, 15) is 5.11 Å². The van der Waals surface area contributed by atoms with Gasteiger partial charge >= 0.3 is 0 Å². The first kappa shape index (κ1) is 20.9. The van der Waals surface area contributed by atoms with Crippen molar-refractivity contribution in [1.82, 2.24) is 10.3 Å². The van der Waals surface area contributed by atoms with Crippen LogP contribution in [0, 0.1) is 0 Å². The first-order chi connectivity index (χ1) is 15.2. The van der Waals surface area contributed by atoms with E-state index in [1.807, 2.05) is 31.4 Å². The van der Waals surface area contributed by atoms with Crippen molar-refractivity contribution in [3.05, 3.63) is 89.1 Å². The molecule has 0 unspecified atom stereocenters. The molecule has 0 atom stereocenters. The Morgan fingerprint density at radius 1 is 1.13 bits per heavy atom. The van der Waals surface area contributed by atoms with Gasteiger partial charge in [0.15, 0.2) is 0 Å². The molecule has 2 heterocycles. The average Bonchev–Trinajstić information content (AvgIpc) is 3.27. The highest BCUT2D eigenvalue weighted by Gasteiger charge is 2.14. The molecule has 0 aliphatic carbocycles. The quantitative estimate of drug-likeness (QED) is 0.512. The monoisotopic (exact) mass is 416 g/mol. The largest absolute Gasteiger partial charge is 0.508 e. The van der Waals surface area contributed by atoms with Crippen LogP contribution in [0.1, 0.15) is 22.3 Å². The lowest BCUT2D eigenvalue weighted by atomic mass is 9.94. The molecule has 2 aromatic carbocycles. The molecule has 160 valence electrons. The number of phenols is 1. The fourth-order valence-electron chi connectivity index (χ4n) is 3.63. The van der Waals surface area contributed by atoms with E-state index in [0.717, 1.165) is 49.3 Å². The summed E-state index contributed by atoms with van der Waals surface area (Å²) >= 11 is 0. The van der Waals surface area contributed by atoms with Gasteiger partial charge in [0.05, 0.1) is 6.61 Å². The zero-order valence-corrected chi connectivity index (χ0v) is 17.8. The summed E-state index contributed by atoms with van der Waals surface area (Å²) in [6.07, 6.45) is 6.67. The molecule has 0 saturated carbocycles. The number of likely N-dealkylation sites (N-methyl/N-ethyl adjacent to an activating group) is 1. The van der Waals surface area contributed by atoms with Crippen molar-refractivity contribution >= 4 is 5.57 Å². The molecule has 4 rings (SSSR count). The van der Waals surface area contributed by atoms with E-state index in [-0.39, 0.29) is 5.75 Å². The molecular formula is C26H28N2O3. The number of rotatable bonds is 9. The molecule has 31 heavy (non-hydrogen) atoms. The second-order valence-electron chi connectivity index (χ2n) is 7.65. The topological polar surface area (TPSA) is 63.6 Å². The molecule has 3 aromatic rings. The highest BCUT2D eigenvalue weighted by molar-refractivity contribution is 5.69. The summed E-state index contributed by atoms with van der Waals surface area (Å²) in [6, 6.07) is 17.8. The summed E-state index contributed by atoms with van der Waals surface area (Å²) in [4.78, 5) is 4.42. The SMILES string of the molecule is CNCCOc1ccc(CC=C(Cc2ccc(O)cc2)c2ccc3c(c2)CCO3)cn1. The number of aromatic hydroxyl groups is 1. The van der Waals surface area contributed by atoms with Crippen LogP contribution < -0.4 is 14.8 Å². The second-order valence-corrected chi connectivity index (χ2v) is 7.65. The van der Waals surface area contributed by atoms with Crippen LogP contribution in [0.2, 0.25) is 0 Å². The number of nitrogens with zero attached hydrogens (tertiary/aromatic N) is 1. The predicted octanol–water partition coefficient (Wildman–Crippen LogP) is 4.19. The van der Waals surface area contributed by atoms with E-state index in [0.29, 0.717) is 12.5 Å². The lowest BCUT2D eigenvalue weighted by Crippen LogP contribution is -2.16. The highest BCUT2D eigenvalue weighted by atomic mass is 16.5. The van der Waals surface area contributed by atoms with Crippen molar-refractivity contribution in [2.24, 2.45) is 0 Å². The van der Waals surface area contributed by atoms with Crippen LogP contribution in [0.3, 0.4) is 0 Å². The predicted molar refractivity (Wildman–Crippen MR) is 123 cm³/mol. The van der Waals surface area contributed by atoms with E-state index in [4.69, 9.17) is 9.47 Å². The van der Waals surface area contributed by atoms with Gasteiger partial charge in [0.2, 0.25) is 5.88 Å². The molecule has 1 aliphatic heterocycles. The maximum atomic E-state index is 9.61. The van der Waals surface area contributed by atoms with Gasteiger partial charge in [0.25, 0.3) is 0 Å². The number of allylic oxidation sites excluding steroid dienone is 2. The van der Waals surface area contributed by atoms with Crippen LogP contribution in [-0.2, 0) is 19.3 Å². The second kappa shape index (κ2) is 10.1. The summed E-state index contributed by atoms with van der Waals surface area (Å²) in [5.74, 6) is 1.92. The van der Waals surface area contributed by atoms with E-state index >= 15 is 0 Å². The van der Waals surface area contributed by atoms with Crippen LogP contribution >= 0.6 is 0 Å². The molecule has 0 radical (unpaired) electrons. The molecule has 5 heteroatoms. The number of hydrogen-bond acceptors (Lipinski definition) is 5. The van der Waals surface area contributed by atoms with Gasteiger partial charge in [-0.25, -0.2) is 4.98 Å². The first-order valence-electron chi connectivity index (χ1n) is 10.7. The molecule has 0 bridgehead atoms. The zero-order valence-electron chi connectivity index (χ0n) is 17.8. The number of ether oxygens (including phenoxy) is 2. The van der Waals surface area contributed by atoms with Crippen LogP contribution in [0.4, 0.5) is 0 Å². The van der Waals surface area contributed by atoms with E-state index < -0.39 is 0 Å². The van der Waals surface area contributed by atoms with Gasteiger partial charge in [-0.05, 0) is 72.0 Å². The van der Waals surface area contributed by atoms with Gasteiger partial charge in [0, 0.05) is 25.2 Å². The number of pyridine rings is 1. The van der Waals surface area contributed by atoms with Gasteiger partial charge < -0.3 is 19.9 Å². The van der Waals surface area contributed by atoms with Crippen LogP contribution in [-0.4, -0.2) is 36.9 Å². The van der Waals surface area contributed by atoms with Gasteiger partial charge in [-0.2, -0.15) is 0 Å². The number of hydrogen-bond donors (Lipinski definition) is 2. The number of nitrogens with one attached hydrogen (secondary N) is 1. The van der Waals surface area contributed by atoms with Gasteiger partial charge in [-0.3, -0.25) is 0 Å². The maximum absolute atomic E-state index is 9.61. The molecule has 0 spiro atoms.